The number of imidazole rings is 1. The van der Waals surface area contributed by atoms with Gasteiger partial charge in [-0.05, 0) is 56.8 Å². The first-order valence-electron chi connectivity index (χ1n) is 8.33. The molecule has 2 aromatic heterocycles. The lowest BCUT2D eigenvalue weighted by Crippen LogP contribution is -2.39. The van der Waals surface area contributed by atoms with Crippen LogP contribution in [0.2, 0.25) is 0 Å². The maximum atomic E-state index is 13.2. The summed E-state index contributed by atoms with van der Waals surface area (Å²) in [6, 6.07) is 8.02. The number of nitrogens with zero attached hydrogens (tertiary/aromatic N) is 3. The lowest BCUT2D eigenvalue weighted by molar-refractivity contribution is 0.0600. The highest BCUT2D eigenvalue weighted by Gasteiger charge is 2.32. The van der Waals surface area contributed by atoms with Crippen molar-refractivity contribution >= 4 is 28.5 Å². The molecule has 4 rings (SSSR count). The molecule has 1 amide bonds. The van der Waals surface area contributed by atoms with Gasteiger partial charge in [-0.25, -0.2) is 4.98 Å². The van der Waals surface area contributed by atoms with E-state index in [0.717, 1.165) is 58.8 Å². The number of aryl methyl sites for hydroxylation is 2. The second-order valence-corrected chi connectivity index (χ2v) is 7.33. The molecule has 1 aliphatic heterocycles. The third-order valence-corrected chi connectivity index (χ3v) is 5.58. The summed E-state index contributed by atoms with van der Waals surface area (Å²) in [5.74, 6) is 0.978. The second kappa shape index (κ2) is 6.02. The molecule has 0 radical (unpaired) electrons. The molecule has 1 unspecified atom stereocenters. The Bertz CT molecular complexity index is 845. The Morgan fingerprint density at radius 1 is 1.29 bits per heavy atom. The summed E-state index contributed by atoms with van der Waals surface area (Å²) < 4.78 is 4.34. The summed E-state index contributed by atoms with van der Waals surface area (Å²) >= 11 is 1.40. The quantitative estimate of drug-likeness (QED) is 0.767. The van der Waals surface area contributed by atoms with Crippen LogP contribution >= 0.6 is 11.5 Å². The van der Waals surface area contributed by atoms with Crippen molar-refractivity contribution in [3.63, 3.8) is 0 Å². The van der Waals surface area contributed by atoms with E-state index in [-0.39, 0.29) is 11.9 Å². The van der Waals surface area contributed by atoms with Crippen molar-refractivity contribution in [1.29, 1.82) is 0 Å². The highest BCUT2D eigenvalue weighted by atomic mass is 32.1. The predicted octanol–water partition coefficient (Wildman–Crippen LogP) is 4.00. The number of nitrogens with one attached hydrogen (secondary N) is 1. The number of piperidine rings is 1. The van der Waals surface area contributed by atoms with E-state index in [2.05, 4.69) is 9.36 Å². The smallest absolute Gasteiger partial charge is 0.257 e. The van der Waals surface area contributed by atoms with E-state index < -0.39 is 0 Å². The van der Waals surface area contributed by atoms with Crippen molar-refractivity contribution in [2.45, 2.75) is 39.2 Å². The Morgan fingerprint density at radius 2 is 2.12 bits per heavy atom. The summed E-state index contributed by atoms with van der Waals surface area (Å²) in [5.41, 5.74) is 3.57. The number of para-hydroxylation sites is 2. The van der Waals surface area contributed by atoms with Crippen molar-refractivity contribution in [2.24, 2.45) is 0 Å². The molecular weight excluding hydrogens is 320 g/mol. The van der Waals surface area contributed by atoms with Gasteiger partial charge in [-0.2, -0.15) is 4.37 Å². The Morgan fingerprint density at radius 3 is 2.88 bits per heavy atom. The number of amides is 1. The molecule has 3 heterocycles. The number of carbonyl (C=O) groups excluding carboxylic acids is 1. The lowest BCUT2D eigenvalue weighted by Gasteiger charge is -2.34. The summed E-state index contributed by atoms with van der Waals surface area (Å²) in [7, 11) is 0. The molecule has 1 aliphatic rings. The SMILES string of the molecule is Cc1nsc(C)c1C(=O)N1CCCCC1c1nc2ccccc2[nH]1. The van der Waals surface area contributed by atoms with E-state index in [4.69, 9.17) is 4.98 Å². The number of hydrogen-bond donors (Lipinski definition) is 1. The van der Waals surface area contributed by atoms with Crippen LogP contribution in [-0.2, 0) is 0 Å². The van der Waals surface area contributed by atoms with Crippen LogP contribution < -0.4 is 0 Å². The van der Waals surface area contributed by atoms with Gasteiger partial charge in [-0.15, -0.1) is 0 Å². The highest BCUT2D eigenvalue weighted by Crippen LogP contribution is 2.33. The van der Waals surface area contributed by atoms with Crippen LogP contribution in [0.25, 0.3) is 11.0 Å². The molecule has 6 heteroatoms. The molecule has 3 aromatic rings. The van der Waals surface area contributed by atoms with Gasteiger partial charge in [0, 0.05) is 11.4 Å². The average Bonchev–Trinajstić information content (AvgIpc) is 3.17. The molecule has 0 spiro atoms. The second-order valence-electron chi connectivity index (χ2n) is 6.35. The molecule has 1 fully saturated rings. The van der Waals surface area contributed by atoms with Gasteiger partial charge in [0.1, 0.15) is 5.82 Å². The van der Waals surface area contributed by atoms with Crippen LogP contribution in [0.1, 0.15) is 52.1 Å². The van der Waals surface area contributed by atoms with E-state index in [1.165, 1.54) is 11.5 Å². The Labute approximate surface area is 144 Å². The first kappa shape index (κ1) is 15.3. The van der Waals surface area contributed by atoms with Crippen LogP contribution in [0.15, 0.2) is 24.3 Å². The van der Waals surface area contributed by atoms with Crippen molar-refractivity contribution in [3.05, 3.63) is 46.2 Å². The number of likely N-dealkylation sites (tertiary alicyclic amines) is 1. The lowest BCUT2D eigenvalue weighted by atomic mass is 10.00. The summed E-state index contributed by atoms with van der Waals surface area (Å²) in [6.45, 7) is 4.66. The molecule has 0 bridgehead atoms. The zero-order valence-corrected chi connectivity index (χ0v) is 14.7. The van der Waals surface area contributed by atoms with Crippen molar-refractivity contribution in [2.75, 3.05) is 6.54 Å². The van der Waals surface area contributed by atoms with Crippen LogP contribution in [0.4, 0.5) is 0 Å². The molecular formula is C18H20N4OS. The summed E-state index contributed by atoms with van der Waals surface area (Å²) in [6.07, 6.45) is 3.10. The maximum Gasteiger partial charge on any atom is 0.257 e. The van der Waals surface area contributed by atoms with E-state index >= 15 is 0 Å². The molecule has 5 nitrogen and oxygen atoms in total. The third kappa shape index (κ3) is 2.51. The number of H-pyrrole nitrogens is 1. The Kier molecular flexibility index (Phi) is 3.84. The Hall–Kier alpha value is -2.21. The minimum atomic E-state index is 0.0114. The topological polar surface area (TPSA) is 61.9 Å². The highest BCUT2D eigenvalue weighted by molar-refractivity contribution is 7.06. The molecule has 24 heavy (non-hydrogen) atoms. The predicted molar refractivity (Wildman–Crippen MR) is 95.3 cm³/mol. The molecule has 0 saturated carbocycles. The zero-order valence-electron chi connectivity index (χ0n) is 13.9. The van der Waals surface area contributed by atoms with Crippen LogP contribution in [0.5, 0.6) is 0 Å². The first-order chi connectivity index (χ1) is 11.6. The number of hydrogen-bond acceptors (Lipinski definition) is 4. The van der Waals surface area contributed by atoms with Gasteiger partial charge in [0.2, 0.25) is 0 Å². The zero-order chi connectivity index (χ0) is 16.7. The number of aromatic nitrogens is 3. The maximum absolute atomic E-state index is 13.2. The van der Waals surface area contributed by atoms with E-state index in [1.54, 1.807) is 0 Å². The van der Waals surface area contributed by atoms with Crippen LogP contribution in [0.3, 0.4) is 0 Å². The summed E-state index contributed by atoms with van der Waals surface area (Å²) in [5, 5.41) is 0. The normalized spacial score (nSPS) is 18.2. The van der Waals surface area contributed by atoms with Gasteiger partial charge < -0.3 is 9.88 Å². The van der Waals surface area contributed by atoms with Gasteiger partial charge in [0.25, 0.3) is 5.91 Å². The van der Waals surface area contributed by atoms with E-state index in [1.807, 2.05) is 43.0 Å². The number of aromatic amines is 1. The van der Waals surface area contributed by atoms with E-state index in [9.17, 15) is 4.79 Å². The number of carbonyl (C=O) groups is 1. The molecule has 1 aromatic carbocycles. The van der Waals surface area contributed by atoms with Crippen LogP contribution in [-0.4, -0.2) is 31.7 Å². The van der Waals surface area contributed by atoms with Gasteiger partial charge in [0.05, 0.1) is 28.3 Å². The molecule has 1 atom stereocenters. The van der Waals surface area contributed by atoms with Crippen molar-refractivity contribution < 1.29 is 4.79 Å². The summed E-state index contributed by atoms with van der Waals surface area (Å²) in [4.78, 5) is 24.3. The minimum absolute atomic E-state index is 0.0114. The van der Waals surface area contributed by atoms with Gasteiger partial charge in [-0.3, -0.25) is 4.79 Å². The van der Waals surface area contributed by atoms with Gasteiger partial charge in [0.15, 0.2) is 0 Å². The number of benzene rings is 1. The molecule has 1 saturated heterocycles. The average molecular weight is 340 g/mol. The molecule has 1 N–H and O–H groups in total. The fourth-order valence-electron chi connectivity index (χ4n) is 3.52. The number of rotatable bonds is 2. The van der Waals surface area contributed by atoms with Gasteiger partial charge in [-0.1, -0.05) is 12.1 Å². The minimum Gasteiger partial charge on any atom is -0.340 e. The standard InChI is InChI=1S/C18H20N4OS/c1-11-16(12(2)24-21-11)18(23)22-10-6-5-9-15(22)17-19-13-7-3-4-8-14(13)20-17/h3-4,7-8,15H,5-6,9-10H2,1-2H3,(H,19,20). The Balaban J connectivity index is 1.71. The molecule has 124 valence electrons. The largest absolute Gasteiger partial charge is 0.340 e. The molecule has 0 aliphatic carbocycles. The van der Waals surface area contributed by atoms with Crippen molar-refractivity contribution in [1.82, 2.24) is 19.2 Å². The third-order valence-electron chi connectivity index (χ3n) is 4.73. The fraction of sp³-hybridized carbons (Fsp3) is 0.389. The van der Waals surface area contributed by atoms with E-state index in [0.29, 0.717) is 0 Å². The van der Waals surface area contributed by atoms with Gasteiger partial charge >= 0.3 is 0 Å². The fourth-order valence-corrected chi connectivity index (χ4v) is 4.21. The van der Waals surface area contributed by atoms with Crippen molar-refractivity contribution in [3.8, 4) is 0 Å². The van der Waals surface area contributed by atoms with Crippen LogP contribution in [0, 0.1) is 13.8 Å². The number of fused-ring (bicyclic) bond motifs is 1. The first-order valence-corrected chi connectivity index (χ1v) is 9.11. The monoisotopic (exact) mass is 340 g/mol.